The van der Waals surface area contributed by atoms with Crippen LogP contribution in [-0.2, 0) is 32.6 Å². The number of likely N-dealkylation sites (N-methyl/N-ethyl adjacent to an activating group) is 1. The van der Waals surface area contributed by atoms with Gasteiger partial charge in [-0.05, 0) is 35.7 Å². The Labute approximate surface area is 232 Å². The van der Waals surface area contributed by atoms with Gasteiger partial charge in [0.1, 0.15) is 12.6 Å². The Morgan fingerprint density at radius 2 is 1.69 bits per heavy atom. The summed E-state index contributed by atoms with van der Waals surface area (Å²) in [7, 11) is -2.60. The average molecular weight is 573 g/mol. The lowest BCUT2D eigenvalue weighted by Crippen LogP contribution is -2.53. The summed E-state index contributed by atoms with van der Waals surface area (Å²) in [5.74, 6) is -1.11. The molecule has 0 spiro atoms. The van der Waals surface area contributed by atoms with Crippen molar-refractivity contribution in [1.82, 2.24) is 10.2 Å². The highest BCUT2D eigenvalue weighted by molar-refractivity contribution is 7.92. The molecule has 0 unspecified atom stereocenters. The molecule has 10 nitrogen and oxygen atoms in total. The van der Waals surface area contributed by atoms with Crippen LogP contribution in [0.1, 0.15) is 16.7 Å². The Kier molecular flexibility index (Phi) is 9.66. The maximum Gasteiger partial charge on any atom is 0.271 e. The third kappa shape index (κ3) is 7.78. The Morgan fingerprint density at radius 1 is 1.03 bits per heavy atom. The molecule has 0 saturated carbocycles. The van der Waals surface area contributed by atoms with E-state index in [1.807, 2.05) is 30.3 Å². The fourth-order valence-electron chi connectivity index (χ4n) is 4.13. The summed E-state index contributed by atoms with van der Waals surface area (Å²) in [6.07, 6.45) is 1.08. The van der Waals surface area contributed by atoms with E-state index in [0.717, 1.165) is 22.2 Å². The van der Waals surface area contributed by atoms with Crippen LogP contribution in [0.25, 0.3) is 0 Å². The molecule has 3 aromatic rings. The van der Waals surface area contributed by atoms with Gasteiger partial charge in [0.15, 0.2) is 0 Å². The molecule has 206 valence electrons. The minimum atomic E-state index is -4.06. The minimum absolute atomic E-state index is 0.00214. The molecule has 0 heterocycles. The van der Waals surface area contributed by atoms with Gasteiger partial charge < -0.3 is 10.2 Å². The second kappa shape index (κ2) is 12.7. The van der Waals surface area contributed by atoms with E-state index in [1.54, 1.807) is 31.2 Å². The molecule has 1 N–H and O–H groups in total. The summed E-state index contributed by atoms with van der Waals surface area (Å²) >= 11 is 6.16. The van der Waals surface area contributed by atoms with Crippen LogP contribution in [0.3, 0.4) is 0 Å². The van der Waals surface area contributed by atoms with Gasteiger partial charge in [-0.25, -0.2) is 8.42 Å². The van der Waals surface area contributed by atoms with Gasteiger partial charge in [-0.15, -0.1) is 0 Å². The predicted octanol–water partition coefficient (Wildman–Crippen LogP) is 3.71. The van der Waals surface area contributed by atoms with Crippen molar-refractivity contribution in [3.05, 3.63) is 105 Å². The third-order valence-corrected chi connectivity index (χ3v) is 7.47. The number of hydrogen-bond acceptors (Lipinski definition) is 6. The van der Waals surface area contributed by atoms with Crippen LogP contribution in [0.4, 0.5) is 11.4 Å². The summed E-state index contributed by atoms with van der Waals surface area (Å²) in [4.78, 5) is 39.1. The van der Waals surface area contributed by atoms with Crippen LogP contribution in [0, 0.1) is 17.0 Å². The van der Waals surface area contributed by atoms with Crippen molar-refractivity contribution in [1.29, 1.82) is 0 Å². The van der Waals surface area contributed by atoms with E-state index < -0.39 is 39.3 Å². The summed E-state index contributed by atoms with van der Waals surface area (Å²) in [6.45, 7) is 0.883. The Hall–Kier alpha value is -3.96. The largest absolute Gasteiger partial charge is 0.357 e. The van der Waals surface area contributed by atoms with Gasteiger partial charge in [-0.2, -0.15) is 0 Å². The number of carbonyl (C=O) groups is 2. The molecule has 1 atom stereocenters. The summed E-state index contributed by atoms with van der Waals surface area (Å²) < 4.78 is 26.6. The lowest BCUT2D eigenvalue weighted by Gasteiger charge is -2.33. The summed E-state index contributed by atoms with van der Waals surface area (Å²) in [5.41, 5.74) is 1.54. The Bertz CT molecular complexity index is 1470. The van der Waals surface area contributed by atoms with Gasteiger partial charge in [0.2, 0.25) is 21.8 Å². The van der Waals surface area contributed by atoms with Crippen molar-refractivity contribution >= 4 is 44.8 Å². The lowest BCUT2D eigenvalue weighted by molar-refractivity contribution is -0.384. The first-order chi connectivity index (χ1) is 18.4. The standard InChI is InChI=1S/C27H29ClN4O6S/c1-19-12-13-23(32(35)36)16-24(19)31(39(3,37)38)18-26(33)30(17-21-10-7-11-22(28)14-21)25(27(34)29-2)15-20-8-5-4-6-9-20/h4-14,16,25H,15,17-18H2,1-3H3,(H,29,34)/t25-/m0/s1. The van der Waals surface area contributed by atoms with E-state index in [-0.39, 0.29) is 24.3 Å². The van der Waals surface area contributed by atoms with Crippen LogP contribution < -0.4 is 9.62 Å². The van der Waals surface area contributed by atoms with E-state index in [0.29, 0.717) is 16.1 Å². The number of nitrogens with one attached hydrogen (secondary N) is 1. The second-order valence-corrected chi connectivity index (χ2v) is 11.3. The molecule has 0 radical (unpaired) electrons. The summed E-state index contributed by atoms with van der Waals surface area (Å²) in [6, 6.07) is 18.7. The lowest BCUT2D eigenvalue weighted by atomic mass is 10.0. The highest BCUT2D eigenvalue weighted by Crippen LogP contribution is 2.28. The Balaban J connectivity index is 2.08. The number of non-ortho nitro benzene ring substituents is 1. The predicted molar refractivity (Wildman–Crippen MR) is 150 cm³/mol. The molecule has 0 saturated heterocycles. The molecular formula is C27H29ClN4O6S. The Morgan fingerprint density at radius 3 is 2.28 bits per heavy atom. The van der Waals surface area contributed by atoms with Crippen molar-refractivity contribution in [3.8, 4) is 0 Å². The number of nitro benzene ring substituents is 1. The first kappa shape index (κ1) is 29.6. The molecule has 0 aromatic heterocycles. The number of carbonyl (C=O) groups excluding carboxylic acids is 2. The van der Waals surface area contributed by atoms with Gasteiger partial charge in [0.25, 0.3) is 5.69 Å². The number of amides is 2. The van der Waals surface area contributed by atoms with E-state index in [9.17, 15) is 28.1 Å². The maximum absolute atomic E-state index is 13.9. The number of halogens is 1. The summed E-state index contributed by atoms with van der Waals surface area (Å²) in [5, 5.41) is 14.4. The maximum atomic E-state index is 13.9. The fourth-order valence-corrected chi connectivity index (χ4v) is 5.24. The van der Waals surface area contributed by atoms with Crippen LogP contribution in [-0.4, -0.2) is 55.9 Å². The van der Waals surface area contributed by atoms with E-state index >= 15 is 0 Å². The van der Waals surface area contributed by atoms with Crippen LogP contribution in [0.5, 0.6) is 0 Å². The van der Waals surface area contributed by atoms with E-state index in [2.05, 4.69) is 5.32 Å². The number of rotatable bonds is 11. The number of hydrogen-bond donors (Lipinski definition) is 1. The molecular weight excluding hydrogens is 544 g/mol. The fraction of sp³-hybridized carbons (Fsp3) is 0.259. The molecule has 2 amide bonds. The van der Waals surface area contributed by atoms with Crippen LogP contribution in [0.2, 0.25) is 5.02 Å². The molecule has 0 aliphatic heterocycles. The smallest absolute Gasteiger partial charge is 0.271 e. The van der Waals surface area contributed by atoms with Crippen LogP contribution in [0.15, 0.2) is 72.8 Å². The number of nitro groups is 1. The average Bonchev–Trinajstić information content (AvgIpc) is 2.89. The van der Waals surface area contributed by atoms with Gasteiger partial charge in [-0.3, -0.25) is 24.0 Å². The zero-order valence-electron chi connectivity index (χ0n) is 21.7. The number of sulfonamides is 1. The highest BCUT2D eigenvalue weighted by Gasteiger charge is 2.33. The van der Waals surface area contributed by atoms with E-state index in [4.69, 9.17) is 11.6 Å². The first-order valence-corrected chi connectivity index (χ1v) is 14.2. The normalized spacial score (nSPS) is 11.9. The van der Waals surface area contributed by atoms with Crippen molar-refractivity contribution in [3.63, 3.8) is 0 Å². The monoisotopic (exact) mass is 572 g/mol. The molecule has 0 fully saturated rings. The number of benzene rings is 3. The van der Waals surface area contributed by atoms with Crippen molar-refractivity contribution < 1.29 is 22.9 Å². The molecule has 12 heteroatoms. The van der Waals surface area contributed by atoms with Gasteiger partial charge in [-0.1, -0.05) is 60.1 Å². The van der Waals surface area contributed by atoms with Gasteiger partial charge >= 0.3 is 0 Å². The zero-order valence-corrected chi connectivity index (χ0v) is 23.3. The highest BCUT2D eigenvalue weighted by atomic mass is 35.5. The van der Waals surface area contributed by atoms with Gasteiger partial charge in [0, 0.05) is 37.2 Å². The SMILES string of the molecule is CNC(=O)[C@H](Cc1ccccc1)N(Cc1cccc(Cl)c1)C(=O)CN(c1cc([N+](=O)[O-])ccc1C)S(C)(=O)=O. The molecule has 0 aliphatic rings. The third-order valence-electron chi connectivity index (χ3n) is 6.11. The number of anilines is 1. The molecule has 3 aromatic carbocycles. The number of nitrogens with zero attached hydrogens (tertiary/aromatic N) is 3. The van der Waals surface area contributed by atoms with Gasteiger partial charge in [0.05, 0.1) is 16.9 Å². The first-order valence-electron chi connectivity index (χ1n) is 11.9. The second-order valence-electron chi connectivity index (χ2n) is 8.97. The molecule has 3 rings (SSSR count). The molecule has 39 heavy (non-hydrogen) atoms. The van der Waals surface area contributed by atoms with Crippen molar-refractivity contribution in [2.75, 3.05) is 24.2 Å². The quantitative estimate of drug-likeness (QED) is 0.275. The molecule has 0 aliphatic carbocycles. The zero-order chi connectivity index (χ0) is 28.7. The van der Waals surface area contributed by atoms with E-state index in [1.165, 1.54) is 24.1 Å². The number of aryl methyl sites for hydroxylation is 1. The van der Waals surface area contributed by atoms with Crippen molar-refractivity contribution in [2.45, 2.75) is 25.9 Å². The molecule has 0 bridgehead atoms. The topological polar surface area (TPSA) is 130 Å². The van der Waals surface area contributed by atoms with Crippen molar-refractivity contribution in [2.24, 2.45) is 0 Å². The van der Waals surface area contributed by atoms with Crippen LogP contribution >= 0.6 is 11.6 Å². The minimum Gasteiger partial charge on any atom is -0.357 e.